The van der Waals surface area contributed by atoms with Crippen molar-refractivity contribution in [1.82, 2.24) is 0 Å². The maximum atomic E-state index is 10.5. The quantitative estimate of drug-likeness (QED) is 0.820. The van der Waals surface area contributed by atoms with Crippen LogP contribution in [0.25, 0.3) is 0 Å². The Morgan fingerprint density at radius 1 is 1.35 bits per heavy atom. The molecule has 0 aromatic heterocycles. The Morgan fingerprint density at radius 2 is 1.94 bits per heavy atom. The molecule has 0 heterocycles. The summed E-state index contributed by atoms with van der Waals surface area (Å²) in [6, 6.07) is 7.76. The number of carboxylic acids is 1. The number of hydrogen-bond acceptors (Lipinski definition) is 2. The van der Waals surface area contributed by atoms with Crippen molar-refractivity contribution in [3.8, 4) is 5.75 Å². The van der Waals surface area contributed by atoms with Crippen LogP contribution in [-0.4, -0.2) is 22.0 Å². The minimum absolute atomic E-state index is 0.0307. The van der Waals surface area contributed by atoms with Gasteiger partial charge >= 0.3 is 5.97 Å². The molecule has 0 amide bonds. The van der Waals surface area contributed by atoms with Gasteiger partial charge in [0.1, 0.15) is 5.75 Å². The maximum absolute atomic E-state index is 10.5. The highest BCUT2D eigenvalue weighted by Gasteiger charge is 2.10. The van der Waals surface area contributed by atoms with Crippen LogP contribution >= 0.6 is 15.9 Å². The van der Waals surface area contributed by atoms with Gasteiger partial charge in [0.15, 0.2) is 0 Å². The summed E-state index contributed by atoms with van der Waals surface area (Å²) in [7, 11) is 0. The van der Waals surface area contributed by atoms with E-state index < -0.39 is 5.97 Å². The van der Waals surface area contributed by atoms with Crippen LogP contribution in [-0.2, 0) is 11.2 Å². The predicted octanol–water partition coefficient (Wildman–Crippen LogP) is 3.25. The number of aliphatic carboxylic acids is 1. The van der Waals surface area contributed by atoms with Crippen LogP contribution in [0.1, 0.15) is 25.8 Å². The number of benzene rings is 1. The highest BCUT2D eigenvalue weighted by atomic mass is 79.9. The van der Waals surface area contributed by atoms with Gasteiger partial charge in [0, 0.05) is 4.83 Å². The molecule has 1 aromatic carbocycles. The topological polar surface area (TPSA) is 46.5 Å². The standard InChI is InChI=1S/C13H17BrO3/c1-9(2)17-12-5-3-10(4-6-12)7-11(14)8-13(15)16/h3-6,9,11H,7-8H2,1-2H3,(H,15,16). The molecular formula is C13H17BrO3. The van der Waals surface area contributed by atoms with E-state index in [1.807, 2.05) is 38.1 Å². The molecule has 0 aliphatic carbocycles. The van der Waals surface area contributed by atoms with E-state index in [9.17, 15) is 4.79 Å². The summed E-state index contributed by atoms with van der Waals surface area (Å²) in [6.07, 6.45) is 0.996. The van der Waals surface area contributed by atoms with E-state index in [2.05, 4.69) is 15.9 Å². The van der Waals surface area contributed by atoms with Crippen molar-refractivity contribution in [3.05, 3.63) is 29.8 Å². The first-order valence-corrected chi connectivity index (χ1v) is 6.50. The molecular weight excluding hydrogens is 284 g/mol. The smallest absolute Gasteiger partial charge is 0.304 e. The van der Waals surface area contributed by atoms with Gasteiger partial charge in [-0.15, -0.1) is 0 Å². The zero-order valence-electron chi connectivity index (χ0n) is 10.0. The van der Waals surface area contributed by atoms with Crippen LogP contribution in [0.5, 0.6) is 5.75 Å². The van der Waals surface area contributed by atoms with E-state index in [0.717, 1.165) is 11.3 Å². The van der Waals surface area contributed by atoms with E-state index in [0.29, 0.717) is 6.42 Å². The van der Waals surface area contributed by atoms with Crippen molar-refractivity contribution in [3.63, 3.8) is 0 Å². The molecule has 94 valence electrons. The van der Waals surface area contributed by atoms with E-state index in [1.165, 1.54) is 0 Å². The molecule has 1 rings (SSSR count). The molecule has 0 fully saturated rings. The molecule has 0 spiro atoms. The first-order valence-electron chi connectivity index (χ1n) is 5.59. The maximum Gasteiger partial charge on any atom is 0.304 e. The lowest BCUT2D eigenvalue weighted by Gasteiger charge is -2.11. The summed E-state index contributed by atoms with van der Waals surface area (Å²) in [5, 5.41) is 8.66. The van der Waals surface area contributed by atoms with Gasteiger partial charge in [0.05, 0.1) is 12.5 Å². The van der Waals surface area contributed by atoms with Gasteiger partial charge < -0.3 is 9.84 Å². The third kappa shape index (κ3) is 5.73. The number of carboxylic acid groups (broad SMARTS) is 1. The van der Waals surface area contributed by atoms with Crippen LogP contribution in [0, 0.1) is 0 Å². The molecule has 0 radical (unpaired) electrons. The lowest BCUT2D eigenvalue weighted by Crippen LogP contribution is -2.09. The molecule has 0 saturated carbocycles. The number of ether oxygens (including phenoxy) is 1. The number of rotatable bonds is 6. The SMILES string of the molecule is CC(C)Oc1ccc(CC(Br)CC(=O)O)cc1. The summed E-state index contributed by atoms with van der Waals surface area (Å²) in [5.74, 6) is 0.0553. The summed E-state index contributed by atoms with van der Waals surface area (Å²) >= 11 is 3.36. The van der Waals surface area contributed by atoms with Crippen molar-refractivity contribution in [2.45, 2.75) is 37.6 Å². The Hall–Kier alpha value is -1.03. The first kappa shape index (κ1) is 14.0. The van der Waals surface area contributed by atoms with E-state index in [-0.39, 0.29) is 17.4 Å². The van der Waals surface area contributed by atoms with Crippen LogP contribution < -0.4 is 4.74 Å². The van der Waals surface area contributed by atoms with Gasteiger partial charge in [-0.05, 0) is 38.0 Å². The fourth-order valence-corrected chi connectivity index (χ4v) is 2.14. The van der Waals surface area contributed by atoms with E-state index in [1.54, 1.807) is 0 Å². The third-order valence-corrected chi connectivity index (χ3v) is 2.80. The average molecular weight is 301 g/mol. The molecule has 1 N–H and O–H groups in total. The number of carbonyl (C=O) groups is 1. The fourth-order valence-electron chi connectivity index (χ4n) is 1.49. The second-order valence-electron chi connectivity index (χ2n) is 4.21. The summed E-state index contributed by atoms with van der Waals surface area (Å²) in [6.45, 7) is 3.96. The highest BCUT2D eigenvalue weighted by molar-refractivity contribution is 9.09. The number of hydrogen-bond donors (Lipinski definition) is 1. The molecule has 1 unspecified atom stereocenters. The lowest BCUT2D eigenvalue weighted by molar-refractivity contribution is -0.136. The Balaban J connectivity index is 2.53. The second-order valence-corrected chi connectivity index (χ2v) is 5.50. The summed E-state index contributed by atoms with van der Waals surface area (Å²) < 4.78 is 5.53. The zero-order chi connectivity index (χ0) is 12.8. The highest BCUT2D eigenvalue weighted by Crippen LogP contribution is 2.18. The predicted molar refractivity (Wildman–Crippen MR) is 70.9 cm³/mol. The molecule has 17 heavy (non-hydrogen) atoms. The number of halogens is 1. The Morgan fingerprint density at radius 3 is 2.41 bits per heavy atom. The van der Waals surface area contributed by atoms with Crippen molar-refractivity contribution < 1.29 is 14.6 Å². The van der Waals surface area contributed by atoms with Gasteiger partial charge in [0.2, 0.25) is 0 Å². The Bertz CT molecular complexity index is 359. The van der Waals surface area contributed by atoms with Gasteiger partial charge in [-0.1, -0.05) is 28.1 Å². The third-order valence-electron chi connectivity index (χ3n) is 2.15. The summed E-state index contributed by atoms with van der Waals surface area (Å²) in [4.78, 5) is 10.5. The van der Waals surface area contributed by atoms with Crippen LogP contribution in [0.4, 0.5) is 0 Å². The minimum atomic E-state index is -0.786. The van der Waals surface area contributed by atoms with Gasteiger partial charge in [-0.3, -0.25) is 4.79 Å². The van der Waals surface area contributed by atoms with Crippen molar-refractivity contribution in [2.75, 3.05) is 0 Å². The van der Waals surface area contributed by atoms with E-state index >= 15 is 0 Å². The first-order chi connectivity index (χ1) is 7.97. The molecule has 0 saturated heterocycles. The lowest BCUT2D eigenvalue weighted by atomic mass is 10.1. The molecule has 1 atom stereocenters. The number of alkyl halides is 1. The monoisotopic (exact) mass is 300 g/mol. The molecule has 3 nitrogen and oxygen atoms in total. The molecule has 1 aromatic rings. The second kappa shape index (κ2) is 6.64. The largest absolute Gasteiger partial charge is 0.491 e. The van der Waals surface area contributed by atoms with Gasteiger partial charge in [-0.2, -0.15) is 0 Å². The minimum Gasteiger partial charge on any atom is -0.491 e. The molecule has 0 bridgehead atoms. The normalized spacial score (nSPS) is 12.5. The van der Waals surface area contributed by atoms with Gasteiger partial charge in [0.25, 0.3) is 0 Å². The summed E-state index contributed by atoms with van der Waals surface area (Å²) in [5.41, 5.74) is 1.10. The fraction of sp³-hybridized carbons (Fsp3) is 0.462. The van der Waals surface area contributed by atoms with Crippen molar-refractivity contribution in [2.24, 2.45) is 0 Å². The zero-order valence-corrected chi connectivity index (χ0v) is 11.6. The average Bonchev–Trinajstić information content (AvgIpc) is 2.18. The molecule has 4 heteroatoms. The van der Waals surface area contributed by atoms with E-state index in [4.69, 9.17) is 9.84 Å². The van der Waals surface area contributed by atoms with Crippen molar-refractivity contribution in [1.29, 1.82) is 0 Å². The molecule has 0 aliphatic heterocycles. The Labute approximate surface area is 110 Å². The van der Waals surface area contributed by atoms with Crippen LogP contribution in [0.15, 0.2) is 24.3 Å². The Kier molecular flexibility index (Phi) is 5.48. The van der Waals surface area contributed by atoms with Crippen molar-refractivity contribution >= 4 is 21.9 Å². The van der Waals surface area contributed by atoms with Crippen LogP contribution in [0.2, 0.25) is 0 Å². The molecule has 0 aliphatic rings. The van der Waals surface area contributed by atoms with Gasteiger partial charge in [-0.25, -0.2) is 0 Å². The van der Waals surface area contributed by atoms with Crippen LogP contribution in [0.3, 0.4) is 0 Å².